The first kappa shape index (κ1) is 11.7. The van der Waals surface area contributed by atoms with Crippen molar-refractivity contribution in [3.05, 3.63) is 28.0 Å². The Labute approximate surface area is 89.8 Å². The predicted octanol–water partition coefficient (Wildman–Crippen LogP) is 1.28. The van der Waals surface area contributed by atoms with Crippen LogP contribution in [0.5, 0.6) is 0 Å². The molecule has 0 unspecified atom stereocenters. The quantitative estimate of drug-likeness (QED) is 0.477. The molecule has 0 atom stereocenters. The Bertz CT molecular complexity index is 463. The van der Waals surface area contributed by atoms with E-state index in [9.17, 15) is 12.8 Å². The van der Waals surface area contributed by atoms with Crippen LogP contribution >= 0.6 is 23.2 Å². The van der Waals surface area contributed by atoms with Crippen molar-refractivity contribution >= 4 is 33.2 Å². The highest BCUT2D eigenvalue weighted by Gasteiger charge is 2.18. The predicted molar refractivity (Wildman–Crippen MR) is 50.9 cm³/mol. The van der Waals surface area contributed by atoms with Crippen LogP contribution in [0.25, 0.3) is 0 Å². The van der Waals surface area contributed by atoms with Gasteiger partial charge in [-0.3, -0.25) is 5.84 Å². The van der Waals surface area contributed by atoms with Gasteiger partial charge in [-0.1, -0.05) is 23.2 Å². The number of nitrogens with one attached hydrogen (secondary N) is 1. The van der Waals surface area contributed by atoms with E-state index in [1.54, 1.807) is 4.83 Å². The molecule has 0 spiro atoms. The lowest BCUT2D eigenvalue weighted by atomic mass is 10.3. The molecule has 0 aliphatic heterocycles. The number of halogens is 3. The summed E-state index contributed by atoms with van der Waals surface area (Å²) in [6.45, 7) is 0. The third kappa shape index (κ3) is 2.15. The molecule has 0 heterocycles. The smallest absolute Gasteiger partial charge is 0.254 e. The SMILES string of the molecule is NNS(=O)(=O)c1cc(Cl)c(F)cc1Cl. The fraction of sp³-hybridized carbons (Fsp3) is 0. The molecule has 14 heavy (non-hydrogen) atoms. The lowest BCUT2D eigenvalue weighted by molar-refractivity contribution is 0.583. The standard InChI is InChI=1S/C6H5Cl2FN2O2S/c7-3-2-6(14(12,13)11-10)4(8)1-5(3)9/h1-2,11H,10H2. The second-order valence-corrected chi connectivity index (χ2v) is 4.81. The van der Waals surface area contributed by atoms with Crippen LogP contribution in [0.4, 0.5) is 4.39 Å². The van der Waals surface area contributed by atoms with E-state index in [-0.39, 0.29) is 14.9 Å². The molecule has 4 nitrogen and oxygen atoms in total. The fourth-order valence-corrected chi connectivity index (χ4v) is 2.17. The van der Waals surface area contributed by atoms with Gasteiger partial charge in [0.1, 0.15) is 10.7 Å². The summed E-state index contributed by atoms with van der Waals surface area (Å²) in [5, 5.41) is -0.631. The Hall–Kier alpha value is -0.400. The molecule has 0 amide bonds. The zero-order valence-electron chi connectivity index (χ0n) is 6.59. The molecule has 8 heteroatoms. The molecule has 3 N–H and O–H groups in total. The lowest BCUT2D eigenvalue weighted by Crippen LogP contribution is -2.30. The van der Waals surface area contributed by atoms with Crippen LogP contribution < -0.4 is 10.7 Å². The van der Waals surface area contributed by atoms with Gasteiger partial charge in [-0.05, 0) is 12.1 Å². The average Bonchev–Trinajstić information content (AvgIpc) is 2.11. The van der Waals surface area contributed by atoms with Crippen molar-refractivity contribution in [1.82, 2.24) is 4.83 Å². The highest BCUT2D eigenvalue weighted by molar-refractivity contribution is 7.89. The van der Waals surface area contributed by atoms with Gasteiger partial charge >= 0.3 is 0 Å². The van der Waals surface area contributed by atoms with Crippen LogP contribution in [0.15, 0.2) is 17.0 Å². The summed E-state index contributed by atoms with van der Waals surface area (Å²) in [6.07, 6.45) is 0. The van der Waals surface area contributed by atoms with Crippen molar-refractivity contribution in [3.63, 3.8) is 0 Å². The Balaban J connectivity index is 3.45. The van der Waals surface area contributed by atoms with Crippen molar-refractivity contribution in [2.45, 2.75) is 4.90 Å². The van der Waals surface area contributed by atoms with E-state index in [2.05, 4.69) is 0 Å². The summed E-state index contributed by atoms with van der Waals surface area (Å²) in [5.41, 5.74) is 0. The monoisotopic (exact) mass is 258 g/mol. The minimum atomic E-state index is -3.92. The third-order valence-corrected chi connectivity index (χ3v) is 3.36. The summed E-state index contributed by atoms with van der Waals surface area (Å²) in [6, 6.07) is 1.68. The molecule has 0 saturated heterocycles. The number of nitrogens with two attached hydrogens (primary N) is 1. The maximum atomic E-state index is 12.8. The molecular weight excluding hydrogens is 254 g/mol. The number of sulfonamides is 1. The van der Waals surface area contributed by atoms with E-state index < -0.39 is 15.8 Å². The lowest BCUT2D eigenvalue weighted by Gasteiger charge is -2.05. The number of hydrazine groups is 1. The summed E-state index contributed by atoms with van der Waals surface area (Å²) >= 11 is 10.9. The zero-order chi connectivity index (χ0) is 10.9. The molecule has 0 aliphatic carbocycles. The summed E-state index contributed by atoms with van der Waals surface area (Å²) in [7, 11) is -3.92. The highest BCUT2D eigenvalue weighted by Crippen LogP contribution is 2.27. The van der Waals surface area contributed by atoms with Crippen LogP contribution in [0, 0.1) is 5.82 Å². The first-order valence-corrected chi connectivity index (χ1v) is 5.49. The minimum Gasteiger partial charge on any atom is -0.257 e. The maximum Gasteiger partial charge on any atom is 0.254 e. The molecule has 1 aromatic carbocycles. The molecule has 78 valence electrons. The molecule has 1 aromatic rings. The van der Waals surface area contributed by atoms with Crippen molar-refractivity contribution in [1.29, 1.82) is 0 Å². The van der Waals surface area contributed by atoms with Crippen LogP contribution in [0.3, 0.4) is 0 Å². The van der Waals surface area contributed by atoms with Gasteiger partial charge in [0.2, 0.25) is 0 Å². The number of hydrogen-bond donors (Lipinski definition) is 2. The molecule has 0 saturated carbocycles. The molecule has 0 aliphatic rings. The van der Waals surface area contributed by atoms with Gasteiger partial charge in [0.05, 0.1) is 10.0 Å². The van der Waals surface area contributed by atoms with Gasteiger partial charge in [-0.25, -0.2) is 12.8 Å². The molecule has 0 radical (unpaired) electrons. The van der Waals surface area contributed by atoms with Crippen LogP contribution in [0.2, 0.25) is 10.0 Å². The Morgan fingerprint density at radius 3 is 2.36 bits per heavy atom. The molecular formula is C6H5Cl2FN2O2S. The largest absolute Gasteiger partial charge is 0.257 e. The third-order valence-electron chi connectivity index (χ3n) is 1.42. The van der Waals surface area contributed by atoms with E-state index in [0.717, 1.165) is 12.1 Å². The van der Waals surface area contributed by atoms with Gasteiger partial charge in [0, 0.05) is 0 Å². The van der Waals surface area contributed by atoms with Gasteiger partial charge in [0.25, 0.3) is 10.0 Å². The second-order valence-electron chi connectivity index (χ2n) is 2.32. The van der Waals surface area contributed by atoms with Crippen molar-refractivity contribution in [2.75, 3.05) is 0 Å². The maximum absolute atomic E-state index is 12.8. The Morgan fingerprint density at radius 1 is 1.29 bits per heavy atom. The summed E-state index contributed by atoms with van der Waals surface area (Å²) in [5.74, 6) is 3.96. The molecule has 0 fully saturated rings. The Kier molecular flexibility index (Phi) is 3.33. The number of hydrogen-bond acceptors (Lipinski definition) is 3. The van der Waals surface area contributed by atoms with Crippen LogP contribution in [-0.4, -0.2) is 8.42 Å². The van der Waals surface area contributed by atoms with Gasteiger partial charge in [-0.15, -0.1) is 0 Å². The summed E-state index contributed by atoms with van der Waals surface area (Å²) in [4.78, 5) is 1.18. The van der Waals surface area contributed by atoms with Crippen molar-refractivity contribution in [2.24, 2.45) is 5.84 Å². The minimum absolute atomic E-state index is 0.287. The topological polar surface area (TPSA) is 72.2 Å². The highest BCUT2D eigenvalue weighted by atomic mass is 35.5. The molecule has 1 rings (SSSR count). The van der Waals surface area contributed by atoms with Crippen molar-refractivity contribution < 1.29 is 12.8 Å². The molecule has 0 aromatic heterocycles. The van der Waals surface area contributed by atoms with E-state index in [1.165, 1.54) is 0 Å². The van der Waals surface area contributed by atoms with E-state index in [0.29, 0.717) is 0 Å². The first-order valence-electron chi connectivity index (χ1n) is 3.25. The van der Waals surface area contributed by atoms with Gasteiger partial charge < -0.3 is 0 Å². The fourth-order valence-electron chi connectivity index (χ4n) is 0.774. The zero-order valence-corrected chi connectivity index (χ0v) is 8.92. The van der Waals surface area contributed by atoms with Crippen LogP contribution in [0.1, 0.15) is 0 Å². The second kappa shape index (κ2) is 4.00. The first-order chi connectivity index (χ1) is 6.38. The summed E-state index contributed by atoms with van der Waals surface area (Å²) < 4.78 is 35.2. The number of rotatable bonds is 2. The van der Waals surface area contributed by atoms with Crippen LogP contribution in [-0.2, 0) is 10.0 Å². The number of benzene rings is 1. The van der Waals surface area contributed by atoms with E-state index >= 15 is 0 Å². The van der Waals surface area contributed by atoms with E-state index in [4.69, 9.17) is 29.0 Å². The molecule has 0 bridgehead atoms. The average molecular weight is 259 g/mol. The normalized spacial score (nSPS) is 11.7. The van der Waals surface area contributed by atoms with E-state index in [1.807, 2.05) is 0 Å². The van der Waals surface area contributed by atoms with Crippen molar-refractivity contribution in [3.8, 4) is 0 Å². The van der Waals surface area contributed by atoms with Gasteiger partial charge in [0.15, 0.2) is 0 Å². The Morgan fingerprint density at radius 2 is 1.86 bits per heavy atom. The van der Waals surface area contributed by atoms with Gasteiger partial charge in [-0.2, -0.15) is 4.83 Å².